The standard InChI is InChI=1S/C19H24INO/c1-5-14(2)6-7-17-8-10-18(11-9-17)16(4)21-13-12-15(3)19(20)22/h5-11,15,21H,4,12-13H2,1-3H3/b7-6+,14-5+/t15-/m0/s1. The average Bonchev–Trinajstić information content (AvgIpc) is 2.52. The number of halogens is 1. The molecule has 0 aliphatic carbocycles. The number of benzene rings is 1. The van der Waals surface area contributed by atoms with Crippen LogP contribution in [-0.2, 0) is 4.79 Å². The summed E-state index contributed by atoms with van der Waals surface area (Å²) in [5, 5.41) is 3.29. The quantitative estimate of drug-likeness (QED) is 0.363. The Kier molecular flexibility index (Phi) is 8.17. The van der Waals surface area contributed by atoms with E-state index in [4.69, 9.17) is 0 Å². The van der Waals surface area contributed by atoms with Gasteiger partial charge >= 0.3 is 0 Å². The first kappa shape index (κ1) is 18.7. The third-order valence-electron chi connectivity index (χ3n) is 3.56. The monoisotopic (exact) mass is 409 g/mol. The Morgan fingerprint density at radius 2 is 2.00 bits per heavy atom. The first-order valence-electron chi connectivity index (χ1n) is 7.47. The van der Waals surface area contributed by atoms with Gasteiger partial charge in [0, 0.05) is 18.2 Å². The summed E-state index contributed by atoms with van der Waals surface area (Å²) in [6.45, 7) is 10.9. The Labute approximate surface area is 147 Å². The molecule has 118 valence electrons. The van der Waals surface area contributed by atoms with Gasteiger partial charge in [-0.05, 0) is 54.0 Å². The molecule has 0 aliphatic rings. The summed E-state index contributed by atoms with van der Waals surface area (Å²) in [4.78, 5) is 11.2. The molecule has 1 atom stereocenters. The molecule has 0 aromatic heterocycles. The van der Waals surface area contributed by atoms with Gasteiger partial charge in [0.05, 0.1) is 0 Å². The molecule has 0 heterocycles. The van der Waals surface area contributed by atoms with E-state index in [-0.39, 0.29) is 9.71 Å². The third kappa shape index (κ3) is 6.60. The zero-order chi connectivity index (χ0) is 16.5. The molecule has 3 heteroatoms. The van der Waals surface area contributed by atoms with Gasteiger partial charge in [-0.2, -0.15) is 0 Å². The molecule has 2 nitrogen and oxygen atoms in total. The topological polar surface area (TPSA) is 29.1 Å². The van der Waals surface area contributed by atoms with E-state index in [0.717, 1.165) is 24.2 Å². The molecule has 0 unspecified atom stereocenters. The minimum atomic E-state index is 0.0864. The molecule has 0 fully saturated rings. The van der Waals surface area contributed by atoms with Crippen LogP contribution in [0.15, 0.2) is 48.6 Å². The maximum atomic E-state index is 11.2. The molecule has 1 N–H and O–H groups in total. The second kappa shape index (κ2) is 9.62. The number of allylic oxidation sites excluding steroid dienone is 3. The molecule has 1 aromatic rings. The van der Waals surface area contributed by atoms with Crippen molar-refractivity contribution in [3.05, 3.63) is 59.7 Å². The van der Waals surface area contributed by atoms with Crippen molar-refractivity contribution in [1.82, 2.24) is 5.32 Å². The summed E-state index contributed by atoms with van der Waals surface area (Å²) in [5.74, 6) is 0.0864. The molecule has 1 aromatic carbocycles. The van der Waals surface area contributed by atoms with Crippen molar-refractivity contribution in [2.24, 2.45) is 5.92 Å². The number of nitrogens with one attached hydrogen (secondary N) is 1. The first-order chi connectivity index (χ1) is 10.4. The van der Waals surface area contributed by atoms with E-state index in [2.05, 4.69) is 61.3 Å². The van der Waals surface area contributed by atoms with Crippen LogP contribution in [0.5, 0.6) is 0 Å². The predicted molar refractivity (Wildman–Crippen MR) is 105 cm³/mol. The maximum Gasteiger partial charge on any atom is 0.195 e. The first-order valence-corrected chi connectivity index (χ1v) is 8.55. The minimum Gasteiger partial charge on any atom is -0.385 e. The van der Waals surface area contributed by atoms with Crippen molar-refractivity contribution >= 4 is 38.2 Å². The molecule has 0 saturated carbocycles. The van der Waals surface area contributed by atoms with Gasteiger partial charge in [0.15, 0.2) is 3.79 Å². The van der Waals surface area contributed by atoms with Crippen LogP contribution in [0.2, 0.25) is 0 Å². The summed E-state index contributed by atoms with van der Waals surface area (Å²) in [6, 6.07) is 8.29. The zero-order valence-electron chi connectivity index (χ0n) is 13.5. The van der Waals surface area contributed by atoms with Crippen molar-refractivity contribution in [1.29, 1.82) is 0 Å². The Morgan fingerprint density at radius 3 is 2.55 bits per heavy atom. The lowest BCUT2D eigenvalue weighted by Gasteiger charge is -2.12. The Bertz CT molecular complexity index is 570. The van der Waals surface area contributed by atoms with Crippen molar-refractivity contribution in [2.45, 2.75) is 27.2 Å². The van der Waals surface area contributed by atoms with Gasteiger partial charge in [-0.3, -0.25) is 4.79 Å². The molecular weight excluding hydrogens is 385 g/mol. The van der Waals surface area contributed by atoms with Gasteiger partial charge in [0.2, 0.25) is 0 Å². The highest BCUT2D eigenvalue weighted by Gasteiger charge is 2.08. The van der Waals surface area contributed by atoms with E-state index in [1.165, 1.54) is 11.1 Å². The lowest BCUT2D eigenvalue weighted by molar-refractivity contribution is -0.112. The predicted octanol–water partition coefficient (Wildman–Crippen LogP) is 5.21. The fourth-order valence-corrected chi connectivity index (χ4v) is 2.09. The van der Waals surface area contributed by atoms with Gasteiger partial charge in [0.25, 0.3) is 0 Å². The van der Waals surface area contributed by atoms with Gasteiger partial charge in [-0.25, -0.2) is 0 Å². The number of carbonyl (C=O) groups excluding carboxylic acids is 1. The molecule has 22 heavy (non-hydrogen) atoms. The van der Waals surface area contributed by atoms with Crippen LogP contribution in [0.3, 0.4) is 0 Å². The summed E-state index contributed by atoms with van der Waals surface area (Å²) >= 11 is 1.86. The molecule has 0 spiro atoms. The largest absolute Gasteiger partial charge is 0.385 e. The molecule has 1 rings (SSSR count). The van der Waals surface area contributed by atoms with Crippen LogP contribution in [0.4, 0.5) is 0 Å². The summed E-state index contributed by atoms with van der Waals surface area (Å²) in [7, 11) is 0. The number of rotatable bonds is 8. The lowest BCUT2D eigenvalue weighted by Crippen LogP contribution is -2.17. The molecule has 0 bridgehead atoms. The van der Waals surface area contributed by atoms with Gasteiger partial charge in [-0.15, -0.1) is 0 Å². The lowest BCUT2D eigenvalue weighted by atomic mass is 10.1. The molecular formula is C19H24INO. The van der Waals surface area contributed by atoms with E-state index in [1.54, 1.807) is 0 Å². The van der Waals surface area contributed by atoms with Crippen LogP contribution in [0.25, 0.3) is 11.8 Å². The van der Waals surface area contributed by atoms with Crippen molar-refractivity contribution < 1.29 is 4.79 Å². The highest BCUT2D eigenvalue weighted by atomic mass is 127. The van der Waals surface area contributed by atoms with Crippen LogP contribution in [-0.4, -0.2) is 10.3 Å². The number of carbonyl (C=O) groups is 1. The van der Waals surface area contributed by atoms with Gasteiger partial charge < -0.3 is 5.32 Å². The maximum absolute atomic E-state index is 11.2. The second-order valence-corrected chi connectivity index (χ2v) is 6.45. The van der Waals surface area contributed by atoms with E-state index < -0.39 is 0 Å². The molecule has 0 amide bonds. The van der Waals surface area contributed by atoms with Crippen molar-refractivity contribution in [2.75, 3.05) is 6.54 Å². The summed E-state index contributed by atoms with van der Waals surface area (Å²) < 4.78 is 0.206. The Hall–Kier alpha value is -1.36. The van der Waals surface area contributed by atoms with Crippen LogP contribution in [0.1, 0.15) is 38.3 Å². The Balaban J connectivity index is 2.54. The molecule has 0 saturated heterocycles. The number of hydrogen-bond donors (Lipinski definition) is 1. The van der Waals surface area contributed by atoms with Gasteiger partial charge in [-0.1, -0.05) is 61.6 Å². The van der Waals surface area contributed by atoms with Crippen LogP contribution >= 0.6 is 22.6 Å². The number of hydrogen-bond acceptors (Lipinski definition) is 2. The second-order valence-electron chi connectivity index (χ2n) is 5.39. The third-order valence-corrected chi connectivity index (χ3v) is 4.62. The average molecular weight is 409 g/mol. The SMILES string of the molecule is C=C(NCC[C@H](C)C(=O)I)c1ccc(/C=C/C(C)=C/C)cc1. The zero-order valence-corrected chi connectivity index (χ0v) is 15.7. The van der Waals surface area contributed by atoms with E-state index in [0.29, 0.717) is 0 Å². The van der Waals surface area contributed by atoms with E-state index in [1.807, 2.05) is 36.4 Å². The normalized spacial score (nSPS) is 13.2. The Morgan fingerprint density at radius 1 is 1.36 bits per heavy atom. The van der Waals surface area contributed by atoms with Crippen LogP contribution in [0, 0.1) is 5.92 Å². The summed E-state index contributed by atoms with van der Waals surface area (Å²) in [5.41, 5.74) is 4.39. The minimum absolute atomic E-state index is 0.0864. The van der Waals surface area contributed by atoms with E-state index >= 15 is 0 Å². The highest BCUT2D eigenvalue weighted by molar-refractivity contribution is 14.1. The fourth-order valence-electron chi connectivity index (χ4n) is 1.77. The molecule has 0 aliphatic heterocycles. The smallest absolute Gasteiger partial charge is 0.195 e. The van der Waals surface area contributed by atoms with E-state index in [9.17, 15) is 4.79 Å². The van der Waals surface area contributed by atoms with Gasteiger partial charge in [0.1, 0.15) is 0 Å². The van der Waals surface area contributed by atoms with Crippen molar-refractivity contribution in [3.63, 3.8) is 0 Å². The summed E-state index contributed by atoms with van der Waals surface area (Å²) in [6.07, 6.45) is 7.11. The molecule has 0 radical (unpaired) electrons. The van der Waals surface area contributed by atoms with Crippen molar-refractivity contribution in [3.8, 4) is 0 Å². The fraction of sp³-hybridized carbons (Fsp3) is 0.316. The van der Waals surface area contributed by atoms with Crippen LogP contribution < -0.4 is 5.32 Å². The highest BCUT2D eigenvalue weighted by Crippen LogP contribution is 2.14.